The summed E-state index contributed by atoms with van der Waals surface area (Å²) in [5.41, 5.74) is 0. The summed E-state index contributed by atoms with van der Waals surface area (Å²) in [5.74, 6) is -1.33. The van der Waals surface area contributed by atoms with Gasteiger partial charge in [0.1, 0.15) is 43.2 Å². The average Bonchev–Trinajstić information content (AvgIpc) is 2.96. The molecule has 0 amide bonds. The molecule has 8 N–H and O–H groups in total. The van der Waals surface area contributed by atoms with E-state index in [1.54, 1.807) is 0 Å². The van der Waals surface area contributed by atoms with Crippen LogP contribution in [0.25, 0.3) is 0 Å². The van der Waals surface area contributed by atoms with Crippen molar-refractivity contribution in [3.05, 3.63) is 0 Å². The van der Waals surface area contributed by atoms with Crippen molar-refractivity contribution in [2.75, 3.05) is 13.2 Å². The fourth-order valence-electron chi connectivity index (χ4n) is 4.58. The third-order valence-electron chi connectivity index (χ3n) is 6.91. The predicted octanol–water partition coefficient (Wildman–Crippen LogP) is 1.72. The molecule has 0 heterocycles. The molecular weight excluding hydrogens is 697 g/mol. The van der Waals surface area contributed by atoms with Crippen LogP contribution in [0.2, 0.25) is 0 Å². The Labute approximate surface area is 272 Å². The first-order valence-corrected chi connectivity index (χ1v) is 19.9. The highest BCUT2D eigenvalue weighted by Crippen LogP contribution is 2.51. The SMILES string of the molecule is CCCCCCCC(=O)OC[C@@H](COP(=O)(O)O[C@@H]1[C@H](O)[C@H](O)[C@@H](OP(=O)(O)O)[C@H](OP(=O)(O)O)[C@H]1O)OC(=O)CCCCCCC. The van der Waals surface area contributed by atoms with Crippen molar-refractivity contribution < 1.29 is 90.6 Å². The summed E-state index contributed by atoms with van der Waals surface area (Å²) in [6, 6.07) is 0. The van der Waals surface area contributed by atoms with Gasteiger partial charge in [-0.15, -0.1) is 0 Å². The summed E-state index contributed by atoms with van der Waals surface area (Å²) in [6.07, 6.45) is -7.79. The number of ether oxygens (including phenoxy) is 2. The number of phosphoric ester groups is 3. The second-order valence-electron chi connectivity index (χ2n) is 11.1. The largest absolute Gasteiger partial charge is 0.472 e. The Bertz CT molecular complexity index is 1080. The van der Waals surface area contributed by atoms with E-state index in [1.807, 2.05) is 13.8 Å². The van der Waals surface area contributed by atoms with E-state index in [9.17, 15) is 53.3 Å². The van der Waals surface area contributed by atoms with Gasteiger partial charge in [0.15, 0.2) is 6.10 Å². The van der Waals surface area contributed by atoms with Gasteiger partial charge < -0.3 is 49.3 Å². The number of carbonyl (C=O) groups excluding carboxylic acids is 2. The summed E-state index contributed by atoms with van der Waals surface area (Å²) >= 11 is 0. The maximum atomic E-state index is 12.8. The number of aliphatic hydroxyl groups excluding tert-OH is 3. The lowest BCUT2D eigenvalue weighted by atomic mass is 9.85. The van der Waals surface area contributed by atoms with E-state index in [2.05, 4.69) is 9.05 Å². The third kappa shape index (κ3) is 18.6. The molecule has 47 heavy (non-hydrogen) atoms. The fourth-order valence-corrected chi connectivity index (χ4v) is 6.68. The number of hydrogen-bond acceptors (Lipinski definition) is 14. The van der Waals surface area contributed by atoms with Crippen LogP contribution in [-0.4, -0.2) is 108 Å². The lowest BCUT2D eigenvalue weighted by Gasteiger charge is -2.44. The van der Waals surface area contributed by atoms with Crippen LogP contribution in [0.4, 0.5) is 0 Å². The van der Waals surface area contributed by atoms with Gasteiger partial charge in [0.2, 0.25) is 0 Å². The maximum Gasteiger partial charge on any atom is 0.472 e. The van der Waals surface area contributed by atoms with Crippen molar-refractivity contribution in [3.8, 4) is 0 Å². The summed E-state index contributed by atoms with van der Waals surface area (Å²) in [6.45, 7) is 2.59. The van der Waals surface area contributed by atoms with Crippen LogP contribution in [-0.2, 0) is 50.9 Å². The Hall–Kier alpha value is -0.850. The van der Waals surface area contributed by atoms with E-state index in [0.717, 1.165) is 51.4 Å². The summed E-state index contributed by atoms with van der Waals surface area (Å²) in [7, 11) is -16.5. The van der Waals surface area contributed by atoms with Crippen molar-refractivity contribution in [2.45, 2.75) is 134 Å². The molecule has 0 aliphatic heterocycles. The zero-order valence-electron chi connectivity index (χ0n) is 26.4. The molecule has 0 spiro atoms. The highest BCUT2D eigenvalue weighted by molar-refractivity contribution is 7.47. The van der Waals surface area contributed by atoms with Gasteiger partial charge in [0.05, 0.1) is 6.61 Å². The second-order valence-corrected chi connectivity index (χ2v) is 14.8. The molecule has 0 aromatic heterocycles. The molecule has 22 heteroatoms. The fraction of sp³-hybridized carbons (Fsp3) is 0.920. The Kier molecular flexibility index (Phi) is 20.1. The van der Waals surface area contributed by atoms with E-state index in [4.69, 9.17) is 28.3 Å². The van der Waals surface area contributed by atoms with Crippen LogP contribution in [0.15, 0.2) is 0 Å². The Balaban J connectivity index is 2.98. The zero-order valence-corrected chi connectivity index (χ0v) is 29.0. The number of carbonyl (C=O) groups is 2. The van der Waals surface area contributed by atoms with Gasteiger partial charge in [-0.3, -0.25) is 27.7 Å². The normalized spacial score (nSPS) is 25.6. The van der Waals surface area contributed by atoms with E-state index >= 15 is 0 Å². The van der Waals surface area contributed by atoms with Crippen molar-refractivity contribution in [3.63, 3.8) is 0 Å². The van der Waals surface area contributed by atoms with Gasteiger partial charge in [0.25, 0.3) is 0 Å². The van der Waals surface area contributed by atoms with Crippen molar-refractivity contribution in [1.29, 1.82) is 0 Å². The maximum absolute atomic E-state index is 12.8. The molecule has 1 fully saturated rings. The van der Waals surface area contributed by atoms with E-state index in [1.165, 1.54) is 0 Å². The first-order valence-electron chi connectivity index (χ1n) is 15.3. The quantitative estimate of drug-likeness (QED) is 0.0396. The molecule has 8 atom stereocenters. The topological polar surface area (TPSA) is 303 Å². The summed E-state index contributed by atoms with van der Waals surface area (Å²) in [5, 5.41) is 31.4. The molecule has 19 nitrogen and oxygen atoms in total. The van der Waals surface area contributed by atoms with Crippen LogP contribution in [0.3, 0.4) is 0 Å². The molecule has 0 radical (unpaired) electrons. The van der Waals surface area contributed by atoms with E-state index < -0.39 is 91.3 Å². The minimum absolute atomic E-state index is 0.00394. The Morgan fingerprint density at radius 2 is 1.04 bits per heavy atom. The third-order valence-corrected chi connectivity index (χ3v) is 8.94. The molecular formula is C25H49O19P3. The van der Waals surface area contributed by atoms with Crippen LogP contribution < -0.4 is 0 Å². The molecule has 1 aliphatic carbocycles. The number of rotatable bonds is 24. The standard InChI is InChI=1S/C25H49O19P3/c1-3-5-7-9-11-13-18(26)39-15-17(41-19(27)14-12-10-8-6-4-2)16-40-47(37,38)44-23-20(28)21(29)24(42-45(31,32)33)25(22(23)30)43-46(34,35)36/h17,20-25,28-30H,3-16H2,1-2H3,(H,37,38)(H2,31,32,33)(H2,34,35,36)/t17-,20+,21-,22-,23+,24+,25+/m0/s1. The molecule has 1 saturated carbocycles. The highest BCUT2D eigenvalue weighted by Gasteiger charge is 2.56. The van der Waals surface area contributed by atoms with Gasteiger partial charge in [-0.25, -0.2) is 13.7 Å². The molecule has 0 aromatic carbocycles. The molecule has 1 aliphatic rings. The van der Waals surface area contributed by atoms with Gasteiger partial charge >= 0.3 is 35.4 Å². The lowest BCUT2D eigenvalue weighted by molar-refractivity contribution is -0.213. The van der Waals surface area contributed by atoms with Crippen LogP contribution in [0, 0.1) is 0 Å². The van der Waals surface area contributed by atoms with Crippen LogP contribution in [0.5, 0.6) is 0 Å². The first-order chi connectivity index (χ1) is 21.8. The van der Waals surface area contributed by atoms with Gasteiger partial charge in [0, 0.05) is 12.8 Å². The number of hydrogen-bond donors (Lipinski definition) is 8. The van der Waals surface area contributed by atoms with Crippen molar-refractivity contribution >= 4 is 35.4 Å². The van der Waals surface area contributed by atoms with E-state index in [-0.39, 0.29) is 12.8 Å². The summed E-state index contributed by atoms with van der Waals surface area (Å²) < 4.78 is 64.2. The van der Waals surface area contributed by atoms with E-state index in [0.29, 0.717) is 12.8 Å². The minimum atomic E-state index is -5.57. The molecule has 0 saturated heterocycles. The van der Waals surface area contributed by atoms with Gasteiger partial charge in [-0.1, -0.05) is 65.2 Å². The lowest BCUT2D eigenvalue weighted by Crippen LogP contribution is -2.65. The first kappa shape index (κ1) is 44.2. The van der Waals surface area contributed by atoms with Crippen LogP contribution in [0.1, 0.15) is 90.9 Å². The molecule has 1 unspecified atom stereocenters. The number of aliphatic hydroxyl groups is 3. The predicted molar refractivity (Wildman–Crippen MR) is 160 cm³/mol. The van der Waals surface area contributed by atoms with Crippen LogP contribution >= 0.6 is 23.5 Å². The second kappa shape index (κ2) is 21.4. The van der Waals surface area contributed by atoms with Gasteiger partial charge in [-0.05, 0) is 12.8 Å². The van der Waals surface area contributed by atoms with Gasteiger partial charge in [-0.2, -0.15) is 0 Å². The number of unbranched alkanes of at least 4 members (excludes halogenated alkanes) is 8. The Morgan fingerprint density at radius 1 is 0.596 bits per heavy atom. The number of phosphoric acid groups is 3. The highest BCUT2D eigenvalue weighted by atomic mass is 31.2. The van der Waals surface area contributed by atoms with Crippen molar-refractivity contribution in [1.82, 2.24) is 0 Å². The Morgan fingerprint density at radius 3 is 1.53 bits per heavy atom. The molecule has 0 aromatic rings. The monoisotopic (exact) mass is 746 g/mol. The van der Waals surface area contributed by atoms with Crippen molar-refractivity contribution in [2.24, 2.45) is 0 Å². The zero-order chi connectivity index (χ0) is 35.8. The minimum Gasteiger partial charge on any atom is -0.462 e. The average molecular weight is 747 g/mol. The molecule has 0 bridgehead atoms. The molecule has 1 rings (SSSR count). The molecule has 278 valence electrons. The summed E-state index contributed by atoms with van der Waals surface area (Å²) in [4.78, 5) is 71.6. The smallest absolute Gasteiger partial charge is 0.462 e. The number of esters is 2.